The number of likely N-dealkylation sites (tertiary alicyclic amines) is 1. The van der Waals surface area contributed by atoms with Crippen molar-refractivity contribution in [1.82, 2.24) is 29.9 Å². The number of hydrogen-bond donors (Lipinski definition) is 1. The van der Waals surface area contributed by atoms with Crippen molar-refractivity contribution in [3.63, 3.8) is 0 Å². The van der Waals surface area contributed by atoms with Crippen LogP contribution in [-0.2, 0) is 4.74 Å². The second-order valence-electron chi connectivity index (χ2n) is 8.24. The number of rotatable bonds is 6. The zero-order chi connectivity index (χ0) is 22.0. The molecule has 0 bridgehead atoms. The molecule has 0 radical (unpaired) electrons. The predicted octanol–water partition coefficient (Wildman–Crippen LogP) is 3.87. The third-order valence-electron chi connectivity index (χ3n) is 5.67. The summed E-state index contributed by atoms with van der Waals surface area (Å²) >= 11 is 0. The van der Waals surface area contributed by atoms with Crippen LogP contribution in [0, 0.1) is 6.92 Å². The third-order valence-corrected chi connectivity index (χ3v) is 5.67. The minimum atomic E-state index is 0.0318. The first kappa shape index (κ1) is 21.2. The molecule has 8 heteroatoms. The van der Waals surface area contributed by atoms with Gasteiger partial charge in [0.05, 0.1) is 11.8 Å². The molecular weight excluding hydrogens is 392 g/mol. The summed E-state index contributed by atoms with van der Waals surface area (Å²) in [5.74, 6) is 1.46. The summed E-state index contributed by atoms with van der Waals surface area (Å²) in [6.07, 6.45) is 3.93. The van der Waals surface area contributed by atoms with Crippen LogP contribution < -0.4 is 0 Å². The number of ether oxygens (including phenoxy) is 1. The van der Waals surface area contributed by atoms with E-state index in [4.69, 9.17) is 9.84 Å². The Morgan fingerprint density at radius 3 is 2.61 bits per heavy atom. The largest absolute Gasteiger partial charge is 0.378 e. The number of aromatic nitrogens is 5. The van der Waals surface area contributed by atoms with E-state index in [1.54, 1.807) is 0 Å². The van der Waals surface area contributed by atoms with Crippen LogP contribution in [-0.4, -0.2) is 61.6 Å². The Bertz CT molecular complexity index is 1050. The number of carbonyl (C=O) groups is 1. The highest BCUT2D eigenvalue weighted by molar-refractivity contribution is 6.01. The Morgan fingerprint density at radius 2 is 2.00 bits per heavy atom. The zero-order valence-electron chi connectivity index (χ0n) is 18.6. The summed E-state index contributed by atoms with van der Waals surface area (Å²) in [6, 6.07) is 7.98. The average Bonchev–Trinajstić information content (AvgIpc) is 3.43. The summed E-state index contributed by atoms with van der Waals surface area (Å²) in [7, 11) is 0. The number of nitrogens with one attached hydrogen (secondary N) is 1. The summed E-state index contributed by atoms with van der Waals surface area (Å²) in [6.45, 7) is 10.2. The summed E-state index contributed by atoms with van der Waals surface area (Å²) in [5, 5.41) is 13.0. The van der Waals surface area contributed by atoms with E-state index in [0.29, 0.717) is 31.1 Å². The lowest BCUT2D eigenvalue weighted by molar-refractivity contribution is 0.0146. The van der Waals surface area contributed by atoms with Crippen LogP contribution in [0.3, 0.4) is 0 Å². The van der Waals surface area contributed by atoms with Gasteiger partial charge in [0.1, 0.15) is 5.82 Å². The zero-order valence-corrected chi connectivity index (χ0v) is 18.6. The van der Waals surface area contributed by atoms with Crippen LogP contribution in [0.2, 0.25) is 0 Å². The summed E-state index contributed by atoms with van der Waals surface area (Å²) < 4.78 is 7.64. The van der Waals surface area contributed by atoms with Crippen molar-refractivity contribution in [2.45, 2.75) is 52.7 Å². The molecule has 1 saturated heterocycles. The minimum Gasteiger partial charge on any atom is -0.378 e. The molecule has 0 aliphatic carbocycles. The van der Waals surface area contributed by atoms with Crippen LogP contribution in [0.5, 0.6) is 0 Å². The Balaban J connectivity index is 1.68. The molecule has 0 atom stereocenters. The average molecular weight is 423 g/mol. The highest BCUT2D eigenvalue weighted by Gasteiger charge is 2.26. The predicted molar refractivity (Wildman–Crippen MR) is 119 cm³/mol. The topological polar surface area (TPSA) is 88.9 Å². The van der Waals surface area contributed by atoms with Gasteiger partial charge in [-0.3, -0.25) is 9.48 Å². The van der Waals surface area contributed by atoms with E-state index in [2.05, 4.69) is 29.0 Å². The quantitative estimate of drug-likeness (QED) is 0.651. The number of benzene rings is 1. The molecule has 1 aromatic carbocycles. The van der Waals surface area contributed by atoms with E-state index in [9.17, 15) is 4.79 Å². The highest BCUT2D eigenvalue weighted by atomic mass is 16.5. The van der Waals surface area contributed by atoms with Crippen LogP contribution in [0.4, 0.5) is 0 Å². The van der Waals surface area contributed by atoms with Crippen molar-refractivity contribution in [3.05, 3.63) is 41.9 Å². The number of piperidine rings is 1. The lowest BCUT2D eigenvalue weighted by Gasteiger charge is -2.32. The number of aryl methyl sites for hydroxylation is 1. The van der Waals surface area contributed by atoms with Crippen LogP contribution in [0.1, 0.15) is 55.8 Å². The van der Waals surface area contributed by atoms with E-state index in [-0.39, 0.29) is 18.1 Å². The first-order valence-corrected chi connectivity index (χ1v) is 11.0. The Morgan fingerprint density at radius 1 is 1.23 bits per heavy atom. The van der Waals surface area contributed by atoms with Gasteiger partial charge in [-0.25, -0.2) is 0 Å². The van der Waals surface area contributed by atoms with E-state index >= 15 is 0 Å². The number of nitrogens with zero attached hydrogens (tertiary/aromatic N) is 5. The Labute approximate surface area is 182 Å². The maximum absolute atomic E-state index is 13.5. The van der Waals surface area contributed by atoms with Gasteiger partial charge in [0, 0.05) is 48.6 Å². The molecule has 1 fully saturated rings. The van der Waals surface area contributed by atoms with E-state index in [1.165, 1.54) is 0 Å². The molecule has 3 heterocycles. The van der Waals surface area contributed by atoms with Crippen molar-refractivity contribution < 1.29 is 9.53 Å². The van der Waals surface area contributed by atoms with E-state index < -0.39 is 0 Å². The van der Waals surface area contributed by atoms with Crippen LogP contribution in [0.15, 0.2) is 30.5 Å². The Hall–Kier alpha value is -3.00. The molecule has 0 saturated carbocycles. The lowest BCUT2D eigenvalue weighted by atomic mass is 9.98. The minimum absolute atomic E-state index is 0.0318. The van der Waals surface area contributed by atoms with Gasteiger partial charge in [-0.2, -0.15) is 5.10 Å². The molecule has 1 amide bonds. The molecule has 1 aliphatic heterocycles. The molecule has 1 N–H and O–H groups in total. The number of amides is 1. The SMILES string of the molecule is CCOC1CCN(C(=O)c2ccc(-c3nnc(C)[nH]3)cc2-c2ccn(C(C)C)n2)CC1. The van der Waals surface area contributed by atoms with Gasteiger partial charge in [0.15, 0.2) is 5.82 Å². The highest BCUT2D eigenvalue weighted by Crippen LogP contribution is 2.30. The molecular formula is C23H30N6O2. The smallest absolute Gasteiger partial charge is 0.254 e. The number of aromatic amines is 1. The monoisotopic (exact) mass is 422 g/mol. The molecule has 2 aromatic heterocycles. The van der Waals surface area contributed by atoms with E-state index in [0.717, 1.165) is 35.5 Å². The van der Waals surface area contributed by atoms with Crippen molar-refractivity contribution in [2.75, 3.05) is 19.7 Å². The fraction of sp³-hybridized carbons (Fsp3) is 0.478. The summed E-state index contributed by atoms with van der Waals surface area (Å²) in [5.41, 5.74) is 3.12. The maximum atomic E-state index is 13.5. The fourth-order valence-electron chi connectivity index (χ4n) is 3.97. The lowest BCUT2D eigenvalue weighted by Crippen LogP contribution is -2.41. The molecule has 1 aliphatic rings. The normalized spacial score (nSPS) is 15.1. The van der Waals surface area contributed by atoms with Crippen LogP contribution in [0.25, 0.3) is 22.6 Å². The second-order valence-corrected chi connectivity index (χ2v) is 8.24. The molecule has 31 heavy (non-hydrogen) atoms. The van der Waals surface area contributed by atoms with Gasteiger partial charge < -0.3 is 14.6 Å². The van der Waals surface area contributed by atoms with Gasteiger partial charge in [0.25, 0.3) is 5.91 Å². The number of H-pyrrole nitrogens is 1. The maximum Gasteiger partial charge on any atom is 0.254 e. The van der Waals surface area contributed by atoms with Gasteiger partial charge in [-0.05, 0) is 58.7 Å². The number of carbonyl (C=O) groups excluding carboxylic acids is 1. The van der Waals surface area contributed by atoms with Crippen LogP contribution >= 0.6 is 0 Å². The second kappa shape index (κ2) is 9.01. The standard InChI is InChI=1S/C23H30N6O2/c1-5-31-18-8-11-28(12-9-18)23(30)19-7-6-17(22-24-16(4)25-26-22)14-20(19)21-10-13-29(27-21)15(2)3/h6-7,10,13-15,18H,5,8-9,11-12H2,1-4H3,(H,24,25,26). The molecule has 4 rings (SSSR count). The fourth-order valence-corrected chi connectivity index (χ4v) is 3.97. The third kappa shape index (κ3) is 4.54. The van der Waals surface area contributed by atoms with Gasteiger partial charge in [0.2, 0.25) is 0 Å². The first-order chi connectivity index (χ1) is 15.0. The van der Waals surface area contributed by atoms with Gasteiger partial charge in [-0.1, -0.05) is 6.07 Å². The molecule has 3 aromatic rings. The molecule has 0 spiro atoms. The van der Waals surface area contributed by atoms with E-state index in [1.807, 2.05) is 53.9 Å². The molecule has 0 unspecified atom stereocenters. The van der Waals surface area contributed by atoms with Crippen molar-refractivity contribution in [2.24, 2.45) is 0 Å². The van der Waals surface area contributed by atoms with Gasteiger partial charge >= 0.3 is 0 Å². The summed E-state index contributed by atoms with van der Waals surface area (Å²) in [4.78, 5) is 18.6. The van der Waals surface area contributed by atoms with Crippen molar-refractivity contribution >= 4 is 5.91 Å². The Kier molecular flexibility index (Phi) is 6.18. The molecule has 164 valence electrons. The van der Waals surface area contributed by atoms with Crippen molar-refractivity contribution in [3.8, 4) is 22.6 Å². The van der Waals surface area contributed by atoms with Crippen molar-refractivity contribution in [1.29, 1.82) is 0 Å². The first-order valence-electron chi connectivity index (χ1n) is 11.0. The van der Waals surface area contributed by atoms with Gasteiger partial charge in [-0.15, -0.1) is 10.2 Å². The number of hydrogen-bond acceptors (Lipinski definition) is 5. The molecule has 8 nitrogen and oxygen atoms in total.